The lowest BCUT2D eigenvalue weighted by Gasteiger charge is -2.43. The average molecular weight is 393 g/mol. The molecule has 148 valence electrons. The summed E-state index contributed by atoms with van der Waals surface area (Å²) in [7, 11) is -3.12. The first kappa shape index (κ1) is 19.9. The van der Waals surface area contributed by atoms with Gasteiger partial charge in [-0.05, 0) is 26.0 Å². The Kier molecular flexibility index (Phi) is 6.22. The van der Waals surface area contributed by atoms with Crippen LogP contribution in [0.4, 0.5) is 0 Å². The van der Waals surface area contributed by atoms with Gasteiger partial charge in [0.2, 0.25) is 5.91 Å². The number of hydrogen-bond acceptors (Lipinski definition) is 5. The van der Waals surface area contributed by atoms with Crippen molar-refractivity contribution in [2.45, 2.75) is 32.4 Å². The monoisotopic (exact) mass is 392 g/mol. The number of allylic oxidation sites excluding steroid dienone is 1. The maximum Gasteiger partial charge on any atom is 0.226 e. The van der Waals surface area contributed by atoms with Gasteiger partial charge in [0, 0.05) is 25.7 Å². The molecule has 2 atom stereocenters. The van der Waals surface area contributed by atoms with E-state index < -0.39 is 9.84 Å². The molecule has 0 spiro atoms. The van der Waals surface area contributed by atoms with Gasteiger partial charge in [0.05, 0.1) is 30.6 Å². The summed E-state index contributed by atoms with van der Waals surface area (Å²) in [5.41, 5.74) is 1.21. The van der Waals surface area contributed by atoms with E-state index in [1.807, 2.05) is 44.2 Å². The van der Waals surface area contributed by atoms with Gasteiger partial charge < -0.3 is 9.64 Å². The van der Waals surface area contributed by atoms with E-state index in [4.69, 9.17) is 4.74 Å². The molecule has 0 bridgehead atoms. The lowest BCUT2D eigenvalue weighted by molar-refractivity contribution is -0.137. The third kappa shape index (κ3) is 5.11. The number of rotatable bonds is 6. The van der Waals surface area contributed by atoms with Crippen LogP contribution in [0.3, 0.4) is 0 Å². The zero-order valence-corrected chi connectivity index (χ0v) is 16.8. The first-order valence-electron chi connectivity index (χ1n) is 9.41. The van der Waals surface area contributed by atoms with Gasteiger partial charge in [0.15, 0.2) is 9.84 Å². The number of fused-ring (bicyclic) bond motifs is 1. The summed E-state index contributed by atoms with van der Waals surface area (Å²) in [6.07, 6.45) is 2.37. The molecule has 2 saturated heterocycles. The molecule has 2 fully saturated rings. The van der Waals surface area contributed by atoms with Gasteiger partial charge in [0.25, 0.3) is 0 Å². The van der Waals surface area contributed by atoms with Crippen LogP contribution < -0.4 is 4.74 Å². The standard InChI is InChI=1S/C20H28N2O4S/c1-16(2)8-10-21-11-12-22(19-15-27(24,25)14-18(19)21)20(23)9-13-26-17-6-4-3-5-7-17/h3-8,18-19H,9-15H2,1-2H3. The fraction of sp³-hybridized carbons (Fsp3) is 0.550. The number of piperazine rings is 1. The van der Waals surface area contributed by atoms with Crippen molar-refractivity contribution in [3.63, 3.8) is 0 Å². The van der Waals surface area contributed by atoms with Crippen molar-refractivity contribution >= 4 is 15.7 Å². The smallest absolute Gasteiger partial charge is 0.226 e. The molecule has 7 heteroatoms. The summed E-state index contributed by atoms with van der Waals surface area (Å²) in [6.45, 7) is 6.37. The predicted molar refractivity (Wildman–Crippen MR) is 106 cm³/mol. The fourth-order valence-corrected chi connectivity index (χ4v) is 5.79. The summed E-state index contributed by atoms with van der Waals surface area (Å²) in [6, 6.07) is 9.02. The maximum absolute atomic E-state index is 12.7. The third-order valence-electron chi connectivity index (χ3n) is 5.17. The van der Waals surface area contributed by atoms with Crippen LogP contribution in [0.25, 0.3) is 0 Å². The highest BCUT2D eigenvalue weighted by Crippen LogP contribution is 2.27. The van der Waals surface area contributed by atoms with Crippen LogP contribution in [-0.2, 0) is 14.6 Å². The number of carbonyl (C=O) groups is 1. The summed E-state index contributed by atoms with van der Waals surface area (Å²) < 4.78 is 30.1. The molecule has 2 heterocycles. The number of carbonyl (C=O) groups excluding carboxylic acids is 1. The molecule has 1 aromatic carbocycles. The zero-order chi connectivity index (χ0) is 19.4. The van der Waals surface area contributed by atoms with Crippen LogP contribution in [-0.4, -0.2) is 74.0 Å². The summed E-state index contributed by atoms with van der Waals surface area (Å²) in [4.78, 5) is 16.7. The molecule has 1 aromatic rings. The molecule has 0 radical (unpaired) electrons. The van der Waals surface area contributed by atoms with Gasteiger partial charge in [-0.3, -0.25) is 9.69 Å². The van der Waals surface area contributed by atoms with Crippen LogP contribution >= 0.6 is 0 Å². The Bertz CT molecular complexity index is 787. The molecule has 2 unspecified atom stereocenters. The van der Waals surface area contributed by atoms with E-state index in [1.54, 1.807) is 4.90 Å². The summed E-state index contributed by atoms with van der Waals surface area (Å²) in [5.74, 6) is 0.908. The topological polar surface area (TPSA) is 66.9 Å². The fourth-order valence-electron chi connectivity index (χ4n) is 3.78. The number of benzene rings is 1. The second kappa shape index (κ2) is 8.44. The van der Waals surface area contributed by atoms with E-state index >= 15 is 0 Å². The molecule has 1 amide bonds. The highest BCUT2D eigenvalue weighted by molar-refractivity contribution is 7.91. The molecule has 2 aliphatic rings. The van der Waals surface area contributed by atoms with Gasteiger partial charge >= 0.3 is 0 Å². The lowest BCUT2D eigenvalue weighted by atomic mass is 10.0. The van der Waals surface area contributed by atoms with Crippen LogP contribution in [0.15, 0.2) is 42.0 Å². The van der Waals surface area contributed by atoms with E-state index in [2.05, 4.69) is 11.0 Å². The second-order valence-corrected chi connectivity index (χ2v) is 9.64. The van der Waals surface area contributed by atoms with Gasteiger partial charge in [-0.2, -0.15) is 0 Å². The Morgan fingerprint density at radius 1 is 1.15 bits per heavy atom. The van der Waals surface area contributed by atoms with Crippen molar-refractivity contribution < 1.29 is 17.9 Å². The average Bonchev–Trinajstić information content (AvgIpc) is 2.95. The summed E-state index contributed by atoms with van der Waals surface area (Å²) >= 11 is 0. The molecule has 0 N–H and O–H groups in total. The number of amides is 1. The van der Waals surface area contributed by atoms with E-state index in [-0.39, 0.29) is 35.9 Å². The number of hydrogen-bond donors (Lipinski definition) is 0. The number of nitrogens with zero attached hydrogens (tertiary/aromatic N) is 2. The van der Waals surface area contributed by atoms with Gasteiger partial charge in [-0.15, -0.1) is 0 Å². The minimum absolute atomic E-state index is 0.0279. The molecule has 6 nitrogen and oxygen atoms in total. The quantitative estimate of drug-likeness (QED) is 0.690. The first-order valence-corrected chi connectivity index (χ1v) is 11.2. The highest BCUT2D eigenvalue weighted by Gasteiger charge is 2.47. The van der Waals surface area contributed by atoms with Gasteiger partial charge in [-0.25, -0.2) is 8.42 Å². The molecule has 2 aliphatic heterocycles. The van der Waals surface area contributed by atoms with Crippen LogP contribution in [0.5, 0.6) is 5.75 Å². The van der Waals surface area contributed by atoms with Crippen LogP contribution in [0.2, 0.25) is 0 Å². The SMILES string of the molecule is CC(C)=CCN1CCN(C(=O)CCOc2ccccc2)C2CS(=O)(=O)CC21. The van der Waals surface area contributed by atoms with E-state index in [0.29, 0.717) is 19.7 Å². The van der Waals surface area contributed by atoms with Crippen molar-refractivity contribution in [2.24, 2.45) is 0 Å². The minimum atomic E-state index is -3.12. The molecular weight excluding hydrogens is 364 g/mol. The minimum Gasteiger partial charge on any atom is -0.493 e. The molecule has 0 aliphatic carbocycles. The Hall–Kier alpha value is -1.86. The Labute approximate surface area is 161 Å². The Morgan fingerprint density at radius 3 is 2.56 bits per heavy atom. The largest absolute Gasteiger partial charge is 0.493 e. The first-order chi connectivity index (χ1) is 12.9. The molecular formula is C20H28N2O4S. The van der Waals surface area contributed by atoms with Crippen molar-refractivity contribution in [2.75, 3.05) is 37.7 Å². The molecule has 3 rings (SSSR count). The number of ether oxygens (including phenoxy) is 1. The van der Waals surface area contributed by atoms with E-state index in [9.17, 15) is 13.2 Å². The van der Waals surface area contributed by atoms with E-state index in [0.717, 1.165) is 12.3 Å². The zero-order valence-electron chi connectivity index (χ0n) is 16.0. The van der Waals surface area contributed by atoms with Crippen LogP contribution in [0, 0.1) is 0 Å². The highest BCUT2D eigenvalue weighted by atomic mass is 32.2. The van der Waals surface area contributed by atoms with E-state index in [1.165, 1.54) is 5.57 Å². The predicted octanol–water partition coefficient (Wildman–Crippen LogP) is 1.73. The summed E-state index contributed by atoms with van der Waals surface area (Å²) in [5, 5.41) is 0. The van der Waals surface area contributed by atoms with Crippen molar-refractivity contribution in [1.29, 1.82) is 0 Å². The van der Waals surface area contributed by atoms with Gasteiger partial charge in [-0.1, -0.05) is 29.8 Å². The maximum atomic E-state index is 12.7. The van der Waals surface area contributed by atoms with Gasteiger partial charge in [0.1, 0.15) is 5.75 Å². The normalized spacial score (nSPS) is 24.3. The van der Waals surface area contributed by atoms with Crippen molar-refractivity contribution in [3.8, 4) is 5.75 Å². The third-order valence-corrected chi connectivity index (χ3v) is 6.87. The number of para-hydroxylation sites is 1. The Balaban J connectivity index is 1.62. The Morgan fingerprint density at radius 2 is 1.85 bits per heavy atom. The number of sulfone groups is 1. The van der Waals surface area contributed by atoms with Crippen LogP contribution in [0.1, 0.15) is 20.3 Å². The molecule has 27 heavy (non-hydrogen) atoms. The van der Waals surface area contributed by atoms with Crippen molar-refractivity contribution in [3.05, 3.63) is 42.0 Å². The second-order valence-electron chi connectivity index (χ2n) is 7.49. The van der Waals surface area contributed by atoms with Crippen molar-refractivity contribution in [1.82, 2.24) is 9.80 Å². The molecule has 0 aromatic heterocycles. The lowest BCUT2D eigenvalue weighted by Crippen LogP contribution is -2.60. The molecule has 0 saturated carbocycles.